The van der Waals surface area contributed by atoms with Crippen molar-refractivity contribution in [1.82, 2.24) is 5.32 Å². The van der Waals surface area contributed by atoms with Gasteiger partial charge in [0.15, 0.2) is 0 Å². The molecular weight excluding hydrogens is 223 g/mol. The summed E-state index contributed by atoms with van der Waals surface area (Å²) in [6.45, 7) is 1.31. The molecule has 2 unspecified atom stereocenters. The van der Waals surface area contributed by atoms with E-state index in [1.807, 2.05) is 4.90 Å². The van der Waals surface area contributed by atoms with Gasteiger partial charge in [-0.25, -0.2) is 4.39 Å². The summed E-state index contributed by atoms with van der Waals surface area (Å²) in [5.41, 5.74) is 1.69. The van der Waals surface area contributed by atoms with Gasteiger partial charge in [0.25, 0.3) is 0 Å². The van der Waals surface area contributed by atoms with Crippen LogP contribution in [-0.4, -0.2) is 42.6 Å². The summed E-state index contributed by atoms with van der Waals surface area (Å²) in [7, 11) is 1.79. The maximum Gasteiger partial charge on any atom is 0.123 e. The normalized spacial score (nSPS) is 24.4. The number of hydrogen-bond donors (Lipinski definition) is 3. The number of β-amino-alcohol motifs (C(OH)–C–C–N with tert-alkyl or cyclic N) is 2. The van der Waals surface area contributed by atoms with Crippen LogP contribution in [-0.2, 0) is 6.54 Å². The molecule has 4 nitrogen and oxygen atoms in total. The first-order valence-electron chi connectivity index (χ1n) is 5.66. The highest BCUT2D eigenvalue weighted by molar-refractivity contribution is 5.55. The minimum Gasteiger partial charge on any atom is -0.389 e. The van der Waals surface area contributed by atoms with Gasteiger partial charge < -0.3 is 20.4 Å². The van der Waals surface area contributed by atoms with E-state index in [0.29, 0.717) is 19.6 Å². The molecule has 0 spiro atoms. The summed E-state index contributed by atoms with van der Waals surface area (Å²) in [5.74, 6) is -0.278. The SMILES string of the molecule is CNCc1cc(F)ccc1N1CC(O)C(O)C1. The van der Waals surface area contributed by atoms with Gasteiger partial charge in [-0.1, -0.05) is 0 Å². The van der Waals surface area contributed by atoms with E-state index in [9.17, 15) is 14.6 Å². The largest absolute Gasteiger partial charge is 0.389 e. The molecule has 1 aliphatic rings. The Labute approximate surface area is 99.7 Å². The molecule has 0 aliphatic carbocycles. The van der Waals surface area contributed by atoms with Gasteiger partial charge in [-0.15, -0.1) is 0 Å². The van der Waals surface area contributed by atoms with Crippen LogP contribution in [0.5, 0.6) is 0 Å². The zero-order valence-electron chi connectivity index (χ0n) is 9.73. The fraction of sp³-hybridized carbons (Fsp3) is 0.500. The number of rotatable bonds is 3. The van der Waals surface area contributed by atoms with Crippen LogP contribution in [0.1, 0.15) is 5.56 Å². The monoisotopic (exact) mass is 240 g/mol. The molecule has 0 aromatic heterocycles. The molecule has 5 heteroatoms. The molecule has 2 atom stereocenters. The average Bonchev–Trinajstić information content (AvgIpc) is 2.60. The quantitative estimate of drug-likeness (QED) is 0.701. The summed E-state index contributed by atoms with van der Waals surface area (Å²) in [5, 5.41) is 22.0. The summed E-state index contributed by atoms with van der Waals surface area (Å²) in [4.78, 5) is 1.88. The lowest BCUT2D eigenvalue weighted by Gasteiger charge is -2.21. The first kappa shape index (κ1) is 12.3. The smallest absolute Gasteiger partial charge is 0.123 e. The first-order chi connectivity index (χ1) is 8.11. The zero-order chi connectivity index (χ0) is 12.4. The third-order valence-electron chi connectivity index (χ3n) is 3.01. The second kappa shape index (κ2) is 5.00. The summed E-state index contributed by atoms with van der Waals surface area (Å²) in [6.07, 6.45) is -1.47. The minimum atomic E-state index is -0.734. The molecule has 1 fully saturated rings. The molecule has 1 saturated heterocycles. The lowest BCUT2D eigenvalue weighted by atomic mass is 10.1. The Balaban J connectivity index is 2.25. The van der Waals surface area contributed by atoms with Crippen LogP contribution in [0.4, 0.5) is 10.1 Å². The predicted octanol–water partition coefficient (Wildman–Crippen LogP) is 0.0869. The topological polar surface area (TPSA) is 55.7 Å². The number of aliphatic hydroxyl groups excluding tert-OH is 2. The van der Waals surface area contributed by atoms with E-state index in [1.54, 1.807) is 13.1 Å². The zero-order valence-corrected chi connectivity index (χ0v) is 9.73. The second-order valence-electron chi connectivity index (χ2n) is 4.34. The molecule has 1 aliphatic heterocycles. The second-order valence-corrected chi connectivity index (χ2v) is 4.34. The van der Waals surface area contributed by atoms with Gasteiger partial charge in [0.05, 0.1) is 12.2 Å². The molecule has 0 saturated carbocycles. The molecule has 2 rings (SSSR count). The van der Waals surface area contributed by atoms with Crippen LogP contribution < -0.4 is 10.2 Å². The van der Waals surface area contributed by atoms with Crippen molar-refractivity contribution in [3.63, 3.8) is 0 Å². The van der Waals surface area contributed by atoms with Gasteiger partial charge in [-0.05, 0) is 30.8 Å². The predicted molar refractivity (Wildman–Crippen MR) is 63.4 cm³/mol. The molecule has 0 bridgehead atoms. The van der Waals surface area contributed by atoms with E-state index in [-0.39, 0.29) is 5.82 Å². The van der Waals surface area contributed by atoms with Crippen molar-refractivity contribution in [2.75, 3.05) is 25.0 Å². The van der Waals surface area contributed by atoms with Crippen LogP contribution in [0.3, 0.4) is 0 Å². The van der Waals surface area contributed by atoms with Gasteiger partial charge in [-0.3, -0.25) is 0 Å². The highest BCUT2D eigenvalue weighted by Crippen LogP contribution is 2.25. The third-order valence-corrected chi connectivity index (χ3v) is 3.01. The molecule has 0 radical (unpaired) electrons. The molecular formula is C12H17FN2O2. The van der Waals surface area contributed by atoms with Crippen LogP contribution >= 0.6 is 0 Å². The van der Waals surface area contributed by atoms with Crippen molar-refractivity contribution in [3.05, 3.63) is 29.6 Å². The number of anilines is 1. The number of hydrogen-bond acceptors (Lipinski definition) is 4. The van der Waals surface area contributed by atoms with E-state index in [2.05, 4.69) is 5.32 Å². The summed E-state index contributed by atoms with van der Waals surface area (Å²) < 4.78 is 13.2. The van der Waals surface area contributed by atoms with Gasteiger partial charge in [-0.2, -0.15) is 0 Å². The van der Waals surface area contributed by atoms with Crippen molar-refractivity contribution in [2.45, 2.75) is 18.8 Å². The Morgan fingerprint density at radius 3 is 2.59 bits per heavy atom. The van der Waals surface area contributed by atoms with Crippen molar-refractivity contribution in [1.29, 1.82) is 0 Å². The Bertz CT molecular complexity index is 390. The fourth-order valence-electron chi connectivity index (χ4n) is 2.16. The lowest BCUT2D eigenvalue weighted by Crippen LogP contribution is -2.23. The molecule has 94 valence electrons. The van der Waals surface area contributed by atoms with Crippen molar-refractivity contribution < 1.29 is 14.6 Å². The summed E-state index contributed by atoms with van der Waals surface area (Å²) in [6, 6.07) is 4.56. The number of nitrogens with one attached hydrogen (secondary N) is 1. The Morgan fingerprint density at radius 1 is 1.35 bits per heavy atom. The molecule has 0 amide bonds. The highest BCUT2D eigenvalue weighted by Gasteiger charge is 2.30. The number of aliphatic hydroxyl groups is 2. The van der Waals surface area contributed by atoms with Crippen molar-refractivity contribution in [3.8, 4) is 0 Å². The van der Waals surface area contributed by atoms with E-state index in [0.717, 1.165) is 11.3 Å². The lowest BCUT2D eigenvalue weighted by molar-refractivity contribution is 0.0572. The van der Waals surface area contributed by atoms with Crippen LogP contribution in [0.15, 0.2) is 18.2 Å². The maximum absolute atomic E-state index is 13.2. The molecule has 3 N–H and O–H groups in total. The van der Waals surface area contributed by atoms with Crippen molar-refractivity contribution >= 4 is 5.69 Å². The molecule has 1 aromatic carbocycles. The number of benzene rings is 1. The van der Waals surface area contributed by atoms with E-state index in [1.165, 1.54) is 12.1 Å². The van der Waals surface area contributed by atoms with Crippen LogP contribution in [0.2, 0.25) is 0 Å². The Kier molecular flexibility index (Phi) is 3.61. The fourth-order valence-corrected chi connectivity index (χ4v) is 2.16. The first-order valence-corrected chi connectivity index (χ1v) is 5.66. The molecule has 1 aromatic rings. The van der Waals surface area contributed by atoms with E-state index in [4.69, 9.17) is 0 Å². The summed E-state index contributed by atoms with van der Waals surface area (Å²) >= 11 is 0. The minimum absolute atomic E-state index is 0.278. The highest BCUT2D eigenvalue weighted by atomic mass is 19.1. The third kappa shape index (κ3) is 2.57. The number of nitrogens with zero attached hydrogens (tertiary/aromatic N) is 1. The maximum atomic E-state index is 13.2. The van der Waals surface area contributed by atoms with Gasteiger partial charge in [0.2, 0.25) is 0 Å². The van der Waals surface area contributed by atoms with E-state index >= 15 is 0 Å². The van der Waals surface area contributed by atoms with Gasteiger partial charge in [0.1, 0.15) is 5.82 Å². The van der Waals surface area contributed by atoms with E-state index < -0.39 is 12.2 Å². The molecule has 1 heterocycles. The standard InChI is InChI=1S/C12H17FN2O2/c1-14-5-8-4-9(13)2-3-10(8)15-6-11(16)12(17)7-15/h2-4,11-12,14,16-17H,5-7H2,1H3. The van der Waals surface area contributed by atoms with Gasteiger partial charge >= 0.3 is 0 Å². The Morgan fingerprint density at radius 2 is 2.00 bits per heavy atom. The molecule has 17 heavy (non-hydrogen) atoms. The van der Waals surface area contributed by atoms with Gasteiger partial charge in [0, 0.05) is 25.3 Å². The van der Waals surface area contributed by atoms with Crippen LogP contribution in [0.25, 0.3) is 0 Å². The number of halogens is 1. The van der Waals surface area contributed by atoms with Crippen LogP contribution in [0, 0.1) is 5.82 Å². The van der Waals surface area contributed by atoms with Crippen molar-refractivity contribution in [2.24, 2.45) is 0 Å². The average molecular weight is 240 g/mol. The Hall–Kier alpha value is -1.17.